The molecule has 0 bridgehead atoms. The Morgan fingerprint density at radius 2 is 2.07 bits per heavy atom. The van der Waals surface area contributed by atoms with Crippen LogP contribution in [-0.4, -0.2) is 39.2 Å². The molecule has 27 heavy (non-hydrogen) atoms. The molecule has 1 aliphatic heterocycles. The van der Waals surface area contributed by atoms with Crippen molar-refractivity contribution in [2.75, 3.05) is 6.54 Å². The van der Waals surface area contributed by atoms with Crippen LogP contribution in [-0.2, 0) is 11.0 Å². The maximum absolute atomic E-state index is 12.6. The molecule has 2 aromatic heterocycles. The van der Waals surface area contributed by atoms with E-state index in [4.69, 9.17) is 0 Å². The molecular weight excluding hydrogens is 363 g/mol. The lowest BCUT2D eigenvalue weighted by atomic mass is 10.1. The van der Waals surface area contributed by atoms with E-state index in [0.29, 0.717) is 24.9 Å². The lowest BCUT2D eigenvalue weighted by Gasteiger charge is -2.15. The SMILES string of the molecule is Cc1c(C(=O)NC2CCCCNC2=O)cnn1-c1ccc(C(F)(F)F)cn1. The minimum atomic E-state index is -4.48. The van der Waals surface area contributed by atoms with Crippen molar-refractivity contribution in [2.45, 2.75) is 38.4 Å². The van der Waals surface area contributed by atoms with Gasteiger partial charge in [-0.05, 0) is 38.3 Å². The summed E-state index contributed by atoms with van der Waals surface area (Å²) in [6, 6.07) is 1.47. The van der Waals surface area contributed by atoms with Crippen molar-refractivity contribution in [3.8, 4) is 5.82 Å². The molecular formula is C17H18F3N5O2. The van der Waals surface area contributed by atoms with Crippen LogP contribution >= 0.6 is 0 Å². The first-order valence-corrected chi connectivity index (χ1v) is 8.44. The second-order valence-corrected chi connectivity index (χ2v) is 6.27. The minimum absolute atomic E-state index is 0.159. The van der Waals surface area contributed by atoms with Crippen molar-refractivity contribution in [3.05, 3.63) is 41.3 Å². The summed E-state index contributed by atoms with van der Waals surface area (Å²) >= 11 is 0. The molecule has 0 saturated carbocycles. The van der Waals surface area contributed by atoms with E-state index in [0.717, 1.165) is 18.9 Å². The van der Waals surface area contributed by atoms with E-state index in [2.05, 4.69) is 20.7 Å². The van der Waals surface area contributed by atoms with Gasteiger partial charge in [0.25, 0.3) is 5.91 Å². The van der Waals surface area contributed by atoms with Crippen LogP contribution in [0.5, 0.6) is 0 Å². The van der Waals surface area contributed by atoms with Crippen LogP contribution in [0.3, 0.4) is 0 Å². The summed E-state index contributed by atoms with van der Waals surface area (Å²) in [6.07, 6.45) is -0.239. The molecule has 10 heteroatoms. The van der Waals surface area contributed by atoms with Gasteiger partial charge < -0.3 is 10.6 Å². The molecule has 2 aromatic rings. The molecule has 1 fully saturated rings. The van der Waals surface area contributed by atoms with Crippen LogP contribution < -0.4 is 10.6 Å². The van der Waals surface area contributed by atoms with Crippen molar-refractivity contribution in [3.63, 3.8) is 0 Å². The number of carbonyl (C=O) groups excluding carboxylic acids is 2. The summed E-state index contributed by atoms with van der Waals surface area (Å²) in [5, 5.41) is 9.47. The first kappa shape index (κ1) is 18.9. The maximum Gasteiger partial charge on any atom is 0.417 e. The fourth-order valence-electron chi connectivity index (χ4n) is 2.86. The highest BCUT2D eigenvalue weighted by Crippen LogP contribution is 2.28. The van der Waals surface area contributed by atoms with Gasteiger partial charge in [0, 0.05) is 12.7 Å². The number of alkyl halides is 3. The molecule has 3 heterocycles. The molecule has 0 aliphatic carbocycles. The van der Waals surface area contributed by atoms with E-state index in [1.165, 1.54) is 16.9 Å². The summed E-state index contributed by atoms with van der Waals surface area (Å²) < 4.78 is 39.2. The zero-order chi connectivity index (χ0) is 19.6. The lowest BCUT2D eigenvalue weighted by Crippen LogP contribution is -2.45. The van der Waals surface area contributed by atoms with Gasteiger partial charge in [-0.3, -0.25) is 9.59 Å². The topological polar surface area (TPSA) is 88.9 Å². The summed E-state index contributed by atoms with van der Waals surface area (Å²) in [5.74, 6) is -0.533. The number of aromatic nitrogens is 3. The Balaban J connectivity index is 1.78. The smallest absolute Gasteiger partial charge is 0.354 e. The van der Waals surface area contributed by atoms with Gasteiger partial charge in [-0.1, -0.05) is 0 Å². The summed E-state index contributed by atoms with van der Waals surface area (Å²) in [7, 11) is 0. The number of halogens is 3. The molecule has 2 amide bonds. The number of hydrogen-bond donors (Lipinski definition) is 2. The van der Waals surface area contributed by atoms with E-state index in [9.17, 15) is 22.8 Å². The van der Waals surface area contributed by atoms with E-state index in [1.807, 2.05) is 0 Å². The average Bonchev–Trinajstić information content (AvgIpc) is 2.89. The standard InChI is InChI=1S/C17H18F3N5O2/c1-10-12(15(26)24-13-4-2-3-7-21-16(13)27)9-23-25(10)14-6-5-11(8-22-14)17(18,19)20/h5-6,8-9,13H,2-4,7H2,1H3,(H,21,27)(H,24,26). The second-order valence-electron chi connectivity index (χ2n) is 6.27. The van der Waals surface area contributed by atoms with E-state index >= 15 is 0 Å². The Labute approximate surface area is 153 Å². The fraction of sp³-hybridized carbons (Fsp3) is 0.412. The number of hydrogen-bond acceptors (Lipinski definition) is 4. The Bertz CT molecular complexity index is 845. The molecule has 3 rings (SSSR count). The van der Waals surface area contributed by atoms with Gasteiger partial charge in [-0.15, -0.1) is 0 Å². The van der Waals surface area contributed by atoms with E-state index in [-0.39, 0.29) is 17.3 Å². The number of rotatable bonds is 3. The van der Waals surface area contributed by atoms with Crippen LogP contribution in [0.15, 0.2) is 24.5 Å². The lowest BCUT2D eigenvalue weighted by molar-refractivity contribution is -0.137. The Morgan fingerprint density at radius 1 is 1.30 bits per heavy atom. The largest absolute Gasteiger partial charge is 0.417 e. The molecule has 0 radical (unpaired) electrons. The number of pyridine rings is 1. The van der Waals surface area contributed by atoms with Crippen LogP contribution in [0.2, 0.25) is 0 Å². The Kier molecular flexibility index (Phi) is 5.15. The highest BCUT2D eigenvalue weighted by atomic mass is 19.4. The third kappa shape index (κ3) is 4.09. The van der Waals surface area contributed by atoms with Crippen molar-refractivity contribution in [2.24, 2.45) is 0 Å². The predicted octanol–water partition coefficient (Wildman–Crippen LogP) is 1.99. The first-order chi connectivity index (χ1) is 12.8. The molecule has 1 atom stereocenters. The number of amides is 2. The Morgan fingerprint density at radius 3 is 2.74 bits per heavy atom. The molecule has 2 N–H and O–H groups in total. The van der Waals surface area contributed by atoms with Crippen LogP contribution in [0.4, 0.5) is 13.2 Å². The highest BCUT2D eigenvalue weighted by Gasteiger charge is 2.31. The molecule has 1 saturated heterocycles. The average molecular weight is 381 g/mol. The zero-order valence-corrected chi connectivity index (χ0v) is 14.5. The monoisotopic (exact) mass is 381 g/mol. The molecule has 1 unspecified atom stereocenters. The zero-order valence-electron chi connectivity index (χ0n) is 14.5. The van der Waals surface area contributed by atoms with Crippen molar-refractivity contribution in [1.82, 2.24) is 25.4 Å². The van der Waals surface area contributed by atoms with Gasteiger partial charge in [0.15, 0.2) is 5.82 Å². The van der Waals surface area contributed by atoms with Crippen molar-refractivity contribution >= 4 is 11.8 Å². The maximum atomic E-state index is 12.6. The summed E-state index contributed by atoms with van der Waals surface area (Å²) in [5.41, 5.74) is -0.226. The molecule has 0 aromatic carbocycles. The van der Waals surface area contributed by atoms with Gasteiger partial charge >= 0.3 is 6.18 Å². The van der Waals surface area contributed by atoms with Gasteiger partial charge in [0.2, 0.25) is 5.91 Å². The van der Waals surface area contributed by atoms with Crippen molar-refractivity contribution < 1.29 is 22.8 Å². The first-order valence-electron chi connectivity index (χ1n) is 8.44. The highest BCUT2D eigenvalue weighted by molar-refractivity contribution is 5.98. The summed E-state index contributed by atoms with van der Waals surface area (Å²) in [6.45, 7) is 2.19. The van der Waals surface area contributed by atoms with Crippen molar-refractivity contribution in [1.29, 1.82) is 0 Å². The van der Waals surface area contributed by atoms with E-state index in [1.54, 1.807) is 6.92 Å². The van der Waals surface area contributed by atoms with Gasteiger partial charge in [0.05, 0.1) is 23.0 Å². The predicted molar refractivity (Wildman–Crippen MR) is 89.2 cm³/mol. The minimum Gasteiger partial charge on any atom is -0.354 e. The molecule has 1 aliphatic rings. The summed E-state index contributed by atoms with van der Waals surface area (Å²) in [4.78, 5) is 28.2. The third-order valence-electron chi connectivity index (χ3n) is 4.39. The second kappa shape index (κ2) is 7.37. The van der Waals surface area contributed by atoms with Gasteiger partial charge in [0.1, 0.15) is 6.04 Å². The van der Waals surface area contributed by atoms with Gasteiger partial charge in [-0.2, -0.15) is 18.3 Å². The van der Waals surface area contributed by atoms with Crippen LogP contribution in [0.1, 0.15) is 40.9 Å². The third-order valence-corrected chi connectivity index (χ3v) is 4.39. The normalized spacial score (nSPS) is 17.9. The molecule has 0 spiro atoms. The number of nitrogens with one attached hydrogen (secondary N) is 2. The fourth-order valence-corrected chi connectivity index (χ4v) is 2.86. The van der Waals surface area contributed by atoms with Crippen LogP contribution in [0, 0.1) is 6.92 Å². The van der Waals surface area contributed by atoms with Gasteiger partial charge in [-0.25, -0.2) is 9.67 Å². The number of carbonyl (C=O) groups is 2. The molecule has 7 nitrogen and oxygen atoms in total. The molecule has 144 valence electrons. The van der Waals surface area contributed by atoms with E-state index < -0.39 is 23.7 Å². The van der Waals surface area contributed by atoms with Crippen LogP contribution in [0.25, 0.3) is 5.82 Å². The number of nitrogens with zero attached hydrogens (tertiary/aromatic N) is 3. The quantitative estimate of drug-likeness (QED) is 0.851. The Hall–Kier alpha value is -2.91.